The Kier molecular flexibility index (Phi) is 4.94. The normalized spacial score (nSPS) is 15.4. The highest BCUT2D eigenvalue weighted by atomic mass is 19.3. The molecule has 0 saturated heterocycles. The van der Waals surface area contributed by atoms with Crippen LogP contribution in [0.4, 0.5) is 17.6 Å². The Morgan fingerprint density at radius 2 is 2.16 bits per heavy atom. The molecule has 3 heterocycles. The van der Waals surface area contributed by atoms with Gasteiger partial charge in [0.05, 0.1) is 18.5 Å². The number of aromatic amines is 1. The number of fused-ring (bicyclic) bond motifs is 1. The van der Waals surface area contributed by atoms with Gasteiger partial charge in [0.2, 0.25) is 5.88 Å². The molecule has 0 spiro atoms. The van der Waals surface area contributed by atoms with Crippen LogP contribution in [0.1, 0.15) is 17.8 Å². The zero-order valence-electron chi connectivity index (χ0n) is 13.6. The molecule has 9 heteroatoms. The Morgan fingerprint density at radius 1 is 1.36 bits per heavy atom. The molecule has 0 fully saturated rings. The van der Waals surface area contributed by atoms with E-state index in [1.54, 1.807) is 17.2 Å². The number of methoxy groups -OCH3 is 1. The molecule has 5 nitrogen and oxygen atoms in total. The van der Waals surface area contributed by atoms with Gasteiger partial charge >= 0.3 is 12.3 Å². The lowest BCUT2D eigenvalue weighted by atomic mass is 10.1. The Morgan fingerprint density at radius 3 is 2.80 bits per heavy atom. The molecule has 0 aromatic carbocycles. The van der Waals surface area contributed by atoms with Crippen LogP contribution in [0.25, 0.3) is 11.4 Å². The maximum absolute atomic E-state index is 13.1. The average molecular weight is 358 g/mol. The molecule has 1 aliphatic rings. The number of rotatable bonds is 6. The maximum Gasteiger partial charge on any atom is 0.308 e. The molecule has 25 heavy (non-hydrogen) atoms. The number of nitrogens with one attached hydrogen (secondary N) is 1. The fourth-order valence-electron chi connectivity index (χ4n) is 2.73. The second kappa shape index (κ2) is 6.99. The molecule has 1 aliphatic heterocycles. The molecular weight excluding hydrogens is 340 g/mol. The van der Waals surface area contributed by atoms with E-state index in [9.17, 15) is 17.6 Å². The molecular formula is C16H18F4N4O. The summed E-state index contributed by atoms with van der Waals surface area (Å²) < 4.78 is 55.7. The second-order valence-corrected chi connectivity index (χ2v) is 5.94. The second-order valence-electron chi connectivity index (χ2n) is 5.94. The molecule has 0 bridgehead atoms. The standard InChI is InChI=1S/C16H18F4N4O/c1-25-13-3-2-10(8-21-13)14-22-11-4-6-24(9-12(11)23-14)7-5-16(19,20)15(17)18/h2-3,8,15H,4-7,9H2,1H3,(H,22,23). The lowest BCUT2D eigenvalue weighted by Crippen LogP contribution is -2.36. The van der Waals surface area contributed by atoms with Crippen LogP contribution < -0.4 is 4.74 Å². The van der Waals surface area contributed by atoms with Crippen molar-refractivity contribution in [2.75, 3.05) is 20.2 Å². The molecule has 0 saturated carbocycles. The van der Waals surface area contributed by atoms with Crippen LogP contribution in [0.3, 0.4) is 0 Å². The van der Waals surface area contributed by atoms with Gasteiger partial charge in [0.25, 0.3) is 0 Å². The molecule has 2 aromatic heterocycles. The molecule has 0 radical (unpaired) electrons. The van der Waals surface area contributed by atoms with Crippen molar-refractivity contribution in [3.8, 4) is 17.3 Å². The smallest absolute Gasteiger partial charge is 0.308 e. The van der Waals surface area contributed by atoms with Crippen molar-refractivity contribution in [1.82, 2.24) is 19.9 Å². The van der Waals surface area contributed by atoms with Gasteiger partial charge in [-0.2, -0.15) is 0 Å². The Balaban J connectivity index is 1.66. The Bertz CT molecular complexity index is 717. The van der Waals surface area contributed by atoms with E-state index < -0.39 is 18.8 Å². The number of hydrogen-bond donors (Lipinski definition) is 1. The fourth-order valence-corrected chi connectivity index (χ4v) is 2.73. The highest BCUT2D eigenvalue weighted by molar-refractivity contribution is 5.55. The largest absolute Gasteiger partial charge is 0.481 e. The topological polar surface area (TPSA) is 54.0 Å². The number of nitrogens with zero attached hydrogens (tertiary/aromatic N) is 3. The van der Waals surface area contributed by atoms with E-state index in [4.69, 9.17) is 4.74 Å². The number of alkyl halides is 4. The Labute approximate surface area is 142 Å². The first-order valence-electron chi connectivity index (χ1n) is 7.85. The van der Waals surface area contributed by atoms with Gasteiger partial charge in [-0.1, -0.05) is 0 Å². The lowest BCUT2D eigenvalue weighted by Gasteiger charge is -2.27. The van der Waals surface area contributed by atoms with Crippen LogP contribution in [0.5, 0.6) is 5.88 Å². The minimum atomic E-state index is -3.95. The summed E-state index contributed by atoms with van der Waals surface area (Å²) in [7, 11) is 1.53. The van der Waals surface area contributed by atoms with Crippen LogP contribution in [0.15, 0.2) is 18.3 Å². The number of aromatic nitrogens is 3. The molecule has 1 N–H and O–H groups in total. The summed E-state index contributed by atoms with van der Waals surface area (Å²) in [6.07, 6.45) is -2.28. The van der Waals surface area contributed by atoms with Crippen molar-refractivity contribution in [1.29, 1.82) is 0 Å². The first-order chi connectivity index (χ1) is 11.9. The molecule has 3 rings (SSSR count). The monoisotopic (exact) mass is 358 g/mol. The third kappa shape index (κ3) is 3.92. The summed E-state index contributed by atoms with van der Waals surface area (Å²) in [4.78, 5) is 13.5. The highest BCUT2D eigenvalue weighted by Gasteiger charge is 2.40. The van der Waals surface area contributed by atoms with Crippen LogP contribution in [-0.2, 0) is 13.0 Å². The number of halogens is 4. The van der Waals surface area contributed by atoms with Gasteiger partial charge in [-0.25, -0.2) is 27.5 Å². The number of ether oxygens (including phenoxy) is 1. The van der Waals surface area contributed by atoms with Crippen LogP contribution in [0.2, 0.25) is 0 Å². The van der Waals surface area contributed by atoms with E-state index in [0.29, 0.717) is 31.2 Å². The van der Waals surface area contributed by atoms with E-state index in [0.717, 1.165) is 17.0 Å². The van der Waals surface area contributed by atoms with Gasteiger partial charge in [-0.3, -0.25) is 4.90 Å². The van der Waals surface area contributed by atoms with Gasteiger partial charge in [0.15, 0.2) is 0 Å². The summed E-state index contributed by atoms with van der Waals surface area (Å²) in [6, 6.07) is 3.53. The van der Waals surface area contributed by atoms with E-state index >= 15 is 0 Å². The van der Waals surface area contributed by atoms with Crippen molar-refractivity contribution in [2.24, 2.45) is 0 Å². The van der Waals surface area contributed by atoms with E-state index in [2.05, 4.69) is 15.0 Å². The molecule has 2 aromatic rings. The van der Waals surface area contributed by atoms with Crippen molar-refractivity contribution >= 4 is 0 Å². The van der Waals surface area contributed by atoms with E-state index in [1.807, 2.05) is 6.07 Å². The number of pyridine rings is 1. The van der Waals surface area contributed by atoms with Crippen LogP contribution in [0, 0.1) is 0 Å². The first-order valence-corrected chi connectivity index (χ1v) is 7.85. The van der Waals surface area contributed by atoms with Crippen LogP contribution in [-0.4, -0.2) is 52.4 Å². The third-order valence-electron chi connectivity index (χ3n) is 4.21. The van der Waals surface area contributed by atoms with Gasteiger partial charge in [0.1, 0.15) is 5.82 Å². The fraction of sp³-hybridized carbons (Fsp3) is 0.500. The zero-order chi connectivity index (χ0) is 18.0. The minimum absolute atomic E-state index is 0.0881. The molecule has 0 atom stereocenters. The van der Waals surface area contributed by atoms with Gasteiger partial charge in [-0.15, -0.1) is 0 Å². The summed E-state index contributed by atoms with van der Waals surface area (Å²) in [5.41, 5.74) is 2.46. The van der Waals surface area contributed by atoms with Gasteiger partial charge in [-0.05, 0) is 6.07 Å². The van der Waals surface area contributed by atoms with Crippen molar-refractivity contribution in [3.63, 3.8) is 0 Å². The predicted molar refractivity (Wildman–Crippen MR) is 82.9 cm³/mol. The summed E-state index contributed by atoms with van der Waals surface area (Å²) in [5.74, 6) is -2.82. The molecule has 136 valence electrons. The van der Waals surface area contributed by atoms with Crippen molar-refractivity contribution < 1.29 is 22.3 Å². The van der Waals surface area contributed by atoms with E-state index in [-0.39, 0.29) is 6.54 Å². The SMILES string of the molecule is COc1ccc(-c2nc3c([nH]2)CN(CCC(F)(F)C(F)F)CC3)cn1. The quantitative estimate of drug-likeness (QED) is 0.806. The van der Waals surface area contributed by atoms with Crippen molar-refractivity contribution in [3.05, 3.63) is 29.7 Å². The first kappa shape index (κ1) is 17.7. The van der Waals surface area contributed by atoms with E-state index in [1.165, 1.54) is 7.11 Å². The van der Waals surface area contributed by atoms with Crippen molar-refractivity contribution in [2.45, 2.75) is 31.7 Å². The lowest BCUT2D eigenvalue weighted by molar-refractivity contribution is -0.136. The summed E-state index contributed by atoms with van der Waals surface area (Å²) in [5, 5.41) is 0. The van der Waals surface area contributed by atoms with Gasteiger partial charge < -0.3 is 9.72 Å². The molecule has 0 unspecified atom stereocenters. The maximum atomic E-state index is 13.1. The average Bonchev–Trinajstić information content (AvgIpc) is 3.03. The van der Waals surface area contributed by atoms with Gasteiger partial charge in [0, 0.05) is 50.3 Å². The third-order valence-corrected chi connectivity index (χ3v) is 4.21. The summed E-state index contributed by atoms with van der Waals surface area (Å²) >= 11 is 0. The predicted octanol–water partition coefficient (Wildman–Crippen LogP) is 3.13. The Hall–Kier alpha value is -2.16. The number of H-pyrrole nitrogens is 1. The minimum Gasteiger partial charge on any atom is -0.481 e. The summed E-state index contributed by atoms with van der Waals surface area (Å²) in [6.45, 7) is 0.804. The number of imidazole rings is 1. The highest BCUT2D eigenvalue weighted by Crippen LogP contribution is 2.28. The van der Waals surface area contributed by atoms with Crippen LogP contribution >= 0.6 is 0 Å². The molecule has 0 amide bonds. The zero-order valence-corrected chi connectivity index (χ0v) is 13.6. The number of hydrogen-bond acceptors (Lipinski definition) is 4. The molecule has 0 aliphatic carbocycles.